The summed E-state index contributed by atoms with van der Waals surface area (Å²) in [6.45, 7) is 1.25. The number of amides is 1. The van der Waals surface area contributed by atoms with E-state index in [-0.39, 0.29) is 30.0 Å². The number of benzene rings is 1. The molecule has 0 aromatic heterocycles. The van der Waals surface area contributed by atoms with Gasteiger partial charge in [0, 0.05) is 31.3 Å². The molecule has 0 saturated carbocycles. The highest BCUT2D eigenvalue weighted by Crippen LogP contribution is 2.20. The number of non-ortho nitro benzene ring substituents is 1. The monoisotopic (exact) mass is 351 g/mol. The summed E-state index contributed by atoms with van der Waals surface area (Å²) in [5.74, 6) is -0.0250. The molecule has 0 unspecified atom stereocenters. The number of carbonyl (C=O) groups is 2. The van der Waals surface area contributed by atoms with Gasteiger partial charge in [0.2, 0.25) is 0 Å². The average molecular weight is 351 g/mol. The lowest BCUT2D eigenvalue weighted by Gasteiger charge is -2.35. The zero-order valence-electron chi connectivity index (χ0n) is 14.2. The fourth-order valence-electron chi connectivity index (χ4n) is 2.69. The summed E-state index contributed by atoms with van der Waals surface area (Å²) in [4.78, 5) is 37.1. The number of nitro groups is 1. The van der Waals surface area contributed by atoms with E-state index >= 15 is 0 Å². The quantitative estimate of drug-likeness (QED) is 0.451. The highest BCUT2D eigenvalue weighted by Gasteiger charge is 2.27. The Bertz CT molecular complexity index is 625. The Morgan fingerprint density at radius 1 is 1.28 bits per heavy atom. The van der Waals surface area contributed by atoms with Gasteiger partial charge < -0.3 is 14.4 Å². The van der Waals surface area contributed by atoms with Crippen LogP contribution in [0.4, 0.5) is 10.5 Å². The summed E-state index contributed by atoms with van der Waals surface area (Å²) in [6, 6.07) is 5.56. The van der Waals surface area contributed by atoms with E-state index in [1.165, 1.54) is 31.4 Å². The van der Waals surface area contributed by atoms with Crippen molar-refractivity contribution in [2.24, 2.45) is 0 Å². The van der Waals surface area contributed by atoms with Gasteiger partial charge in [0.25, 0.3) is 5.69 Å². The second-order valence-electron chi connectivity index (χ2n) is 5.83. The topological polar surface area (TPSA) is 102 Å². The van der Waals surface area contributed by atoms with Crippen molar-refractivity contribution in [2.75, 3.05) is 33.8 Å². The summed E-state index contributed by atoms with van der Waals surface area (Å²) in [6.07, 6.45) is 0.967. The zero-order chi connectivity index (χ0) is 18.4. The molecule has 0 bridgehead atoms. The lowest BCUT2D eigenvalue weighted by atomic mass is 10.0. The van der Waals surface area contributed by atoms with Gasteiger partial charge in [-0.05, 0) is 32.0 Å². The predicted molar refractivity (Wildman–Crippen MR) is 88.4 cm³/mol. The molecular weight excluding hydrogens is 330 g/mol. The first-order valence-corrected chi connectivity index (χ1v) is 7.89. The second kappa shape index (κ2) is 8.43. The smallest absolute Gasteiger partial charge is 0.415 e. The number of ether oxygens (including phenoxy) is 2. The first kappa shape index (κ1) is 18.7. The summed E-state index contributed by atoms with van der Waals surface area (Å²) < 4.78 is 9.90. The maximum absolute atomic E-state index is 12.2. The van der Waals surface area contributed by atoms with Crippen LogP contribution in [0.2, 0.25) is 0 Å². The first-order valence-electron chi connectivity index (χ1n) is 7.89. The van der Waals surface area contributed by atoms with Crippen LogP contribution in [-0.4, -0.2) is 66.6 Å². The number of piperidine rings is 1. The molecule has 2 rings (SSSR count). The molecule has 0 atom stereocenters. The minimum Gasteiger partial charge on any atom is -0.468 e. The van der Waals surface area contributed by atoms with E-state index in [9.17, 15) is 19.7 Å². The Morgan fingerprint density at radius 2 is 1.88 bits per heavy atom. The van der Waals surface area contributed by atoms with Gasteiger partial charge in [0.15, 0.2) is 0 Å². The van der Waals surface area contributed by atoms with Crippen LogP contribution in [0.5, 0.6) is 5.75 Å². The second-order valence-corrected chi connectivity index (χ2v) is 5.83. The number of nitro benzene ring substituents is 1. The number of rotatable bonds is 5. The van der Waals surface area contributed by atoms with Crippen LogP contribution in [0.15, 0.2) is 24.3 Å². The van der Waals surface area contributed by atoms with Gasteiger partial charge in [-0.15, -0.1) is 0 Å². The van der Waals surface area contributed by atoms with Gasteiger partial charge in [-0.25, -0.2) is 4.79 Å². The molecule has 1 aromatic rings. The molecule has 1 saturated heterocycles. The highest BCUT2D eigenvalue weighted by atomic mass is 16.6. The lowest BCUT2D eigenvalue weighted by Crippen LogP contribution is -2.47. The normalized spacial score (nSPS) is 15.1. The van der Waals surface area contributed by atoms with E-state index < -0.39 is 11.0 Å². The molecule has 9 nitrogen and oxygen atoms in total. The van der Waals surface area contributed by atoms with Crippen LogP contribution >= 0.6 is 0 Å². The summed E-state index contributed by atoms with van der Waals surface area (Å²) in [5.41, 5.74) is -0.0609. The number of carbonyl (C=O) groups excluding carboxylic acids is 2. The number of likely N-dealkylation sites (N-methyl/N-ethyl adjacent to an activating group) is 1. The van der Waals surface area contributed by atoms with Crippen molar-refractivity contribution in [3.63, 3.8) is 0 Å². The third-order valence-corrected chi connectivity index (χ3v) is 4.20. The molecule has 136 valence electrons. The molecule has 1 fully saturated rings. The van der Waals surface area contributed by atoms with E-state index in [0.717, 1.165) is 12.8 Å². The van der Waals surface area contributed by atoms with Crippen molar-refractivity contribution in [3.05, 3.63) is 34.4 Å². The van der Waals surface area contributed by atoms with E-state index in [1.807, 2.05) is 11.9 Å². The number of hydrogen-bond donors (Lipinski definition) is 0. The average Bonchev–Trinajstić information content (AvgIpc) is 2.62. The van der Waals surface area contributed by atoms with Crippen molar-refractivity contribution in [1.29, 1.82) is 0 Å². The SMILES string of the molecule is COC(=O)CN(C)C1CCN(C(=O)Oc2ccc([N+](=O)[O-])cc2)CC1. The Balaban J connectivity index is 1.82. The fourth-order valence-corrected chi connectivity index (χ4v) is 2.69. The number of methoxy groups -OCH3 is 1. The van der Waals surface area contributed by atoms with Crippen molar-refractivity contribution in [2.45, 2.75) is 18.9 Å². The Morgan fingerprint density at radius 3 is 2.40 bits per heavy atom. The van der Waals surface area contributed by atoms with E-state index in [2.05, 4.69) is 4.74 Å². The number of likely N-dealkylation sites (tertiary alicyclic amines) is 1. The van der Waals surface area contributed by atoms with E-state index in [4.69, 9.17) is 4.74 Å². The van der Waals surface area contributed by atoms with E-state index in [1.54, 1.807) is 4.90 Å². The van der Waals surface area contributed by atoms with Crippen LogP contribution in [0, 0.1) is 10.1 Å². The van der Waals surface area contributed by atoms with Crippen LogP contribution in [0.3, 0.4) is 0 Å². The van der Waals surface area contributed by atoms with Gasteiger partial charge in [0.05, 0.1) is 18.6 Å². The zero-order valence-corrected chi connectivity index (χ0v) is 14.2. The fraction of sp³-hybridized carbons (Fsp3) is 0.500. The van der Waals surface area contributed by atoms with Crippen LogP contribution in [-0.2, 0) is 9.53 Å². The highest BCUT2D eigenvalue weighted by molar-refractivity contribution is 5.72. The van der Waals surface area contributed by atoms with Gasteiger partial charge in [-0.2, -0.15) is 0 Å². The van der Waals surface area contributed by atoms with Crippen molar-refractivity contribution in [1.82, 2.24) is 9.80 Å². The molecule has 1 aromatic carbocycles. The standard InChI is InChI=1S/C16H21N3O6/c1-17(11-15(20)24-2)12-7-9-18(10-8-12)16(21)25-14-5-3-13(4-6-14)19(22)23/h3-6,12H,7-11H2,1-2H3. The van der Waals surface area contributed by atoms with Gasteiger partial charge >= 0.3 is 12.1 Å². The Kier molecular flexibility index (Phi) is 6.29. The molecule has 0 radical (unpaired) electrons. The Labute approximate surface area is 145 Å². The van der Waals surface area contributed by atoms with Crippen molar-refractivity contribution in [3.8, 4) is 5.75 Å². The maximum atomic E-state index is 12.2. The lowest BCUT2D eigenvalue weighted by molar-refractivity contribution is -0.384. The molecule has 1 heterocycles. The molecule has 25 heavy (non-hydrogen) atoms. The number of esters is 1. The minimum atomic E-state index is -0.513. The van der Waals surface area contributed by atoms with Crippen molar-refractivity contribution < 1.29 is 24.0 Å². The molecule has 1 aliphatic rings. The molecular formula is C16H21N3O6. The van der Waals surface area contributed by atoms with Crippen LogP contribution < -0.4 is 4.74 Å². The summed E-state index contributed by atoms with van der Waals surface area (Å²) >= 11 is 0. The molecule has 0 N–H and O–H groups in total. The van der Waals surface area contributed by atoms with E-state index in [0.29, 0.717) is 13.1 Å². The number of nitrogens with zero attached hydrogens (tertiary/aromatic N) is 3. The van der Waals surface area contributed by atoms with Gasteiger partial charge in [-0.1, -0.05) is 0 Å². The molecule has 0 spiro atoms. The maximum Gasteiger partial charge on any atom is 0.415 e. The van der Waals surface area contributed by atoms with Gasteiger partial charge in [-0.3, -0.25) is 19.8 Å². The first-order chi connectivity index (χ1) is 11.9. The predicted octanol–water partition coefficient (Wildman–Crippen LogP) is 1.66. The van der Waals surface area contributed by atoms with Crippen LogP contribution in [0.25, 0.3) is 0 Å². The third kappa shape index (κ3) is 5.15. The van der Waals surface area contributed by atoms with Crippen molar-refractivity contribution >= 4 is 17.7 Å². The molecule has 0 aliphatic carbocycles. The number of hydrogen-bond acceptors (Lipinski definition) is 7. The summed E-state index contributed by atoms with van der Waals surface area (Å²) in [7, 11) is 3.21. The largest absolute Gasteiger partial charge is 0.468 e. The van der Waals surface area contributed by atoms with Gasteiger partial charge in [0.1, 0.15) is 5.75 Å². The van der Waals surface area contributed by atoms with Crippen LogP contribution in [0.1, 0.15) is 12.8 Å². The minimum absolute atomic E-state index is 0.0609. The molecule has 9 heteroatoms. The molecule has 1 aliphatic heterocycles. The Hall–Kier alpha value is -2.68. The molecule has 1 amide bonds. The summed E-state index contributed by atoms with van der Waals surface area (Å²) in [5, 5.41) is 10.6. The third-order valence-electron chi connectivity index (χ3n) is 4.20.